The summed E-state index contributed by atoms with van der Waals surface area (Å²) in [6, 6.07) is 6.45. The highest BCUT2D eigenvalue weighted by Gasteiger charge is 2.45. The lowest BCUT2D eigenvalue weighted by atomic mass is 9.95. The largest absolute Gasteiger partial charge is 0.494 e. The first-order chi connectivity index (χ1) is 20.4. The molecule has 0 amide bonds. The second kappa shape index (κ2) is 10.0. The van der Waals surface area contributed by atoms with Crippen molar-refractivity contribution in [1.29, 1.82) is 0 Å². The number of nitrogens with zero attached hydrogens (tertiary/aromatic N) is 5. The first-order valence-corrected chi connectivity index (χ1v) is 15.9. The first kappa shape index (κ1) is 26.6. The predicted octanol–water partition coefficient (Wildman–Crippen LogP) is 5.24. The average Bonchev–Trinajstić information content (AvgIpc) is 3.75. The van der Waals surface area contributed by atoms with E-state index in [0.717, 1.165) is 69.4 Å². The van der Waals surface area contributed by atoms with Crippen LogP contribution in [-0.4, -0.2) is 77.4 Å². The zero-order valence-corrected chi connectivity index (χ0v) is 25.0. The van der Waals surface area contributed by atoms with Crippen LogP contribution in [0.4, 0.5) is 15.3 Å². The number of fused-ring (bicyclic) bond motifs is 5. The topological polar surface area (TPSA) is 102 Å². The number of benzene rings is 2. The van der Waals surface area contributed by atoms with E-state index in [-0.39, 0.29) is 27.7 Å². The Hall–Kier alpha value is -2.99. The van der Waals surface area contributed by atoms with Crippen molar-refractivity contribution < 1.29 is 13.9 Å². The quantitative estimate of drug-likeness (QED) is 0.304. The molecule has 8 rings (SSSR count). The summed E-state index contributed by atoms with van der Waals surface area (Å²) in [7, 11) is 1.55. The van der Waals surface area contributed by atoms with Gasteiger partial charge in [-0.3, -0.25) is 4.90 Å². The second-order valence-corrected chi connectivity index (χ2v) is 13.5. The van der Waals surface area contributed by atoms with Gasteiger partial charge >= 0.3 is 6.01 Å². The van der Waals surface area contributed by atoms with Crippen molar-refractivity contribution in [3.8, 4) is 22.9 Å². The minimum absolute atomic E-state index is 0.00815. The molecule has 0 radical (unpaired) electrons. The Morgan fingerprint density at radius 1 is 1.12 bits per heavy atom. The van der Waals surface area contributed by atoms with E-state index >= 15 is 4.39 Å². The van der Waals surface area contributed by atoms with Gasteiger partial charge in [0, 0.05) is 36.3 Å². The van der Waals surface area contributed by atoms with E-state index in [1.807, 2.05) is 12.1 Å². The van der Waals surface area contributed by atoms with E-state index in [1.165, 1.54) is 11.3 Å². The van der Waals surface area contributed by atoms with Gasteiger partial charge in [0.05, 0.1) is 33.3 Å². The first-order valence-electron chi connectivity index (χ1n) is 14.7. The van der Waals surface area contributed by atoms with E-state index < -0.39 is 5.82 Å². The molecule has 220 valence electrons. The fraction of sp³-hybridized carbons (Fsp3) is 0.500. The number of thiazole rings is 1. The third kappa shape index (κ3) is 4.11. The Kier molecular flexibility index (Phi) is 6.36. The number of halogens is 2. The SMILES string of the molecule is COc1c(Cl)c(-c2cccc3sc(N)nc23)c(F)c2nc(OCC34CCCN3CCC4)nc(N3CC4CCC(C3)N4)c12. The molecule has 4 aromatic rings. The van der Waals surface area contributed by atoms with Crippen LogP contribution in [0.25, 0.3) is 32.2 Å². The number of nitrogen functional groups attached to an aromatic ring is 1. The van der Waals surface area contributed by atoms with Crippen LogP contribution >= 0.6 is 22.9 Å². The average molecular weight is 610 g/mol. The minimum Gasteiger partial charge on any atom is -0.494 e. The van der Waals surface area contributed by atoms with Crippen LogP contribution in [0.1, 0.15) is 38.5 Å². The van der Waals surface area contributed by atoms with Gasteiger partial charge < -0.3 is 25.4 Å². The number of nitrogens with two attached hydrogens (primary N) is 1. The van der Waals surface area contributed by atoms with E-state index in [1.54, 1.807) is 13.2 Å². The number of hydrogen-bond donors (Lipinski definition) is 2. The van der Waals surface area contributed by atoms with Crippen LogP contribution in [0.5, 0.6) is 11.8 Å². The van der Waals surface area contributed by atoms with E-state index in [2.05, 4.69) is 20.1 Å². The molecule has 2 aromatic carbocycles. The maximum Gasteiger partial charge on any atom is 0.319 e. The molecule has 0 spiro atoms. The molecule has 3 N–H and O–H groups in total. The molecule has 6 heterocycles. The monoisotopic (exact) mass is 609 g/mol. The molecule has 2 bridgehead atoms. The number of rotatable bonds is 6. The third-order valence-electron chi connectivity index (χ3n) is 9.65. The van der Waals surface area contributed by atoms with Crippen molar-refractivity contribution in [2.24, 2.45) is 0 Å². The number of anilines is 2. The molecule has 4 aliphatic heterocycles. The van der Waals surface area contributed by atoms with Crippen LogP contribution < -0.4 is 25.4 Å². The molecular weight excluding hydrogens is 577 g/mol. The summed E-state index contributed by atoms with van der Waals surface area (Å²) in [5.41, 5.74) is 7.49. The highest BCUT2D eigenvalue weighted by molar-refractivity contribution is 7.22. The summed E-state index contributed by atoms with van der Waals surface area (Å²) in [6.45, 7) is 4.18. The number of methoxy groups -OCH3 is 1. The fourth-order valence-corrected chi connectivity index (χ4v) is 8.87. The van der Waals surface area contributed by atoms with Crippen LogP contribution in [0.2, 0.25) is 5.02 Å². The summed E-state index contributed by atoms with van der Waals surface area (Å²) < 4.78 is 30.1. The molecule has 4 fully saturated rings. The summed E-state index contributed by atoms with van der Waals surface area (Å²) in [6.07, 6.45) is 6.72. The second-order valence-electron chi connectivity index (χ2n) is 12.0. The maximum atomic E-state index is 16.9. The van der Waals surface area contributed by atoms with Crippen molar-refractivity contribution in [1.82, 2.24) is 25.2 Å². The third-order valence-corrected chi connectivity index (χ3v) is 10.9. The normalized spacial score (nSPS) is 23.3. The summed E-state index contributed by atoms with van der Waals surface area (Å²) in [4.78, 5) is 18.9. The van der Waals surface area contributed by atoms with Gasteiger partial charge in [0.1, 0.15) is 17.9 Å². The van der Waals surface area contributed by atoms with Crippen molar-refractivity contribution in [3.63, 3.8) is 0 Å². The Balaban J connectivity index is 1.32. The molecule has 2 atom stereocenters. The van der Waals surface area contributed by atoms with E-state index in [4.69, 9.17) is 36.8 Å². The number of hydrogen-bond acceptors (Lipinski definition) is 10. The lowest BCUT2D eigenvalue weighted by Crippen LogP contribution is -2.51. The molecule has 12 heteroatoms. The molecule has 2 unspecified atom stereocenters. The Labute approximate surface area is 252 Å². The molecule has 2 aromatic heterocycles. The van der Waals surface area contributed by atoms with Crippen LogP contribution in [0.15, 0.2) is 18.2 Å². The predicted molar refractivity (Wildman–Crippen MR) is 165 cm³/mol. The summed E-state index contributed by atoms with van der Waals surface area (Å²) >= 11 is 8.37. The molecule has 42 heavy (non-hydrogen) atoms. The van der Waals surface area contributed by atoms with Crippen molar-refractivity contribution in [3.05, 3.63) is 29.0 Å². The van der Waals surface area contributed by atoms with Crippen LogP contribution in [0, 0.1) is 5.82 Å². The van der Waals surface area contributed by atoms with Gasteiger partial charge in [0.2, 0.25) is 0 Å². The molecule has 4 aliphatic rings. The fourth-order valence-electron chi connectivity index (χ4n) is 7.75. The lowest BCUT2D eigenvalue weighted by Gasteiger charge is -2.35. The van der Waals surface area contributed by atoms with Gasteiger partial charge in [-0.25, -0.2) is 9.37 Å². The van der Waals surface area contributed by atoms with Gasteiger partial charge in [-0.15, -0.1) is 0 Å². The molecule has 4 saturated heterocycles. The van der Waals surface area contributed by atoms with Crippen molar-refractivity contribution in [2.75, 3.05) is 50.5 Å². The zero-order chi connectivity index (χ0) is 28.6. The Morgan fingerprint density at radius 3 is 2.62 bits per heavy atom. The number of piperazine rings is 1. The number of ether oxygens (including phenoxy) is 2. The van der Waals surface area contributed by atoms with Crippen molar-refractivity contribution >= 4 is 55.0 Å². The molecule has 9 nitrogen and oxygen atoms in total. The smallest absolute Gasteiger partial charge is 0.319 e. The molecular formula is C30H33ClFN7O2S. The van der Waals surface area contributed by atoms with E-state index in [0.29, 0.717) is 51.9 Å². The minimum atomic E-state index is -0.553. The summed E-state index contributed by atoms with van der Waals surface area (Å²) in [5.74, 6) is 0.385. The Morgan fingerprint density at radius 2 is 1.88 bits per heavy atom. The number of aromatic nitrogens is 3. The van der Waals surface area contributed by atoms with Gasteiger partial charge in [0.15, 0.2) is 16.7 Å². The summed E-state index contributed by atoms with van der Waals surface area (Å²) in [5, 5.41) is 4.70. The van der Waals surface area contributed by atoms with Crippen LogP contribution in [0.3, 0.4) is 0 Å². The number of para-hydroxylation sites is 1. The van der Waals surface area contributed by atoms with Crippen LogP contribution in [-0.2, 0) is 0 Å². The lowest BCUT2D eigenvalue weighted by molar-refractivity contribution is 0.108. The molecule has 0 aliphatic carbocycles. The highest BCUT2D eigenvalue weighted by Crippen LogP contribution is 2.49. The van der Waals surface area contributed by atoms with Gasteiger partial charge in [-0.05, 0) is 57.7 Å². The van der Waals surface area contributed by atoms with E-state index in [9.17, 15) is 0 Å². The highest BCUT2D eigenvalue weighted by atomic mass is 35.5. The number of nitrogens with one attached hydrogen (secondary N) is 1. The molecule has 0 saturated carbocycles. The standard InChI is InChI=1S/C30H33ClFN7O2S/c1-40-26-21-25(23(32)20(22(26)31)18-5-2-6-19-24(18)35-28(33)42-19)36-29(41-15-30-9-3-11-39(30)12-4-10-30)37-27(21)38-13-16-7-8-17(14-38)34-16/h2,5-6,16-17,34H,3-4,7-15H2,1H3,(H2,33,35). The zero-order valence-electron chi connectivity index (χ0n) is 23.5. The van der Waals surface area contributed by atoms with Gasteiger partial charge in [-0.2, -0.15) is 9.97 Å². The maximum absolute atomic E-state index is 16.9. The van der Waals surface area contributed by atoms with Crippen molar-refractivity contribution in [2.45, 2.75) is 56.1 Å². The Bertz CT molecular complexity index is 1690. The van der Waals surface area contributed by atoms with Gasteiger partial charge in [0.25, 0.3) is 0 Å². The van der Waals surface area contributed by atoms with Gasteiger partial charge in [-0.1, -0.05) is 35.1 Å².